The van der Waals surface area contributed by atoms with Crippen molar-refractivity contribution in [2.45, 2.75) is 30.1 Å². The van der Waals surface area contributed by atoms with Crippen LogP contribution in [0.2, 0.25) is 0 Å². The largest absolute Gasteiger partial charge is 0.386 e. The first kappa shape index (κ1) is 28.5. The predicted molar refractivity (Wildman–Crippen MR) is 151 cm³/mol. The number of aromatic nitrogens is 2. The SMILES string of the molecule is O=c1ccn([C@@H]2O[C@H](COC(c3ccccc3)(c3ccccc3)c3ccccc3)[C@@H](OP(=O)(Cl)Cl)[C@H]2O)c(=O)[nH]1. The zero-order valence-corrected chi connectivity index (χ0v) is 23.3. The van der Waals surface area contributed by atoms with Crippen molar-refractivity contribution >= 4 is 28.6 Å². The molecule has 2 N–H and O–H groups in total. The van der Waals surface area contributed by atoms with Gasteiger partial charge in [-0.15, -0.1) is 0 Å². The number of rotatable bonds is 9. The minimum atomic E-state index is -4.16. The molecule has 4 atom stereocenters. The third-order valence-corrected chi connectivity index (χ3v) is 7.65. The van der Waals surface area contributed by atoms with Crippen molar-refractivity contribution in [1.82, 2.24) is 9.55 Å². The van der Waals surface area contributed by atoms with Gasteiger partial charge >= 0.3 is 11.8 Å². The van der Waals surface area contributed by atoms with Crippen molar-refractivity contribution in [3.8, 4) is 0 Å². The maximum Gasteiger partial charge on any atom is 0.380 e. The number of hydrogen-bond donors (Lipinski definition) is 2. The first-order chi connectivity index (χ1) is 19.2. The Kier molecular flexibility index (Phi) is 8.44. The maximum atomic E-state index is 12.5. The molecule has 40 heavy (non-hydrogen) atoms. The fourth-order valence-electron chi connectivity index (χ4n) is 4.96. The molecule has 0 spiro atoms. The van der Waals surface area contributed by atoms with E-state index in [1.165, 1.54) is 6.20 Å². The number of hydrogen-bond acceptors (Lipinski definition) is 7. The van der Waals surface area contributed by atoms with Crippen molar-refractivity contribution < 1.29 is 23.7 Å². The Morgan fingerprint density at radius 1 is 0.875 bits per heavy atom. The van der Waals surface area contributed by atoms with Crippen LogP contribution in [0.5, 0.6) is 0 Å². The molecule has 0 aliphatic carbocycles. The van der Waals surface area contributed by atoms with Gasteiger partial charge in [-0.2, -0.15) is 0 Å². The zero-order valence-electron chi connectivity index (χ0n) is 20.9. The molecule has 0 radical (unpaired) electrons. The molecule has 1 aromatic heterocycles. The second-order valence-electron chi connectivity index (χ2n) is 9.15. The monoisotopic (exact) mass is 602 g/mol. The van der Waals surface area contributed by atoms with Crippen molar-refractivity contribution in [1.29, 1.82) is 0 Å². The molecule has 5 rings (SSSR count). The molecular formula is C28H25Cl2N2O7P. The summed E-state index contributed by atoms with van der Waals surface area (Å²) in [6, 6.07) is 29.8. The highest BCUT2D eigenvalue weighted by molar-refractivity contribution is 8.05. The quantitative estimate of drug-likeness (QED) is 0.209. The van der Waals surface area contributed by atoms with E-state index in [1.54, 1.807) is 0 Å². The number of aliphatic hydroxyl groups excluding tert-OH is 1. The lowest BCUT2D eigenvalue weighted by Gasteiger charge is -2.37. The van der Waals surface area contributed by atoms with Crippen LogP contribution in [0.4, 0.5) is 0 Å². The smallest absolute Gasteiger partial charge is 0.380 e. The second-order valence-corrected chi connectivity index (χ2v) is 13.4. The van der Waals surface area contributed by atoms with E-state index < -0.39 is 47.5 Å². The van der Waals surface area contributed by atoms with Gasteiger partial charge in [0.15, 0.2) is 6.23 Å². The van der Waals surface area contributed by atoms with Crippen LogP contribution in [0, 0.1) is 0 Å². The van der Waals surface area contributed by atoms with Crippen molar-refractivity contribution in [3.63, 3.8) is 0 Å². The second kappa shape index (κ2) is 11.8. The summed E-state index contributed by atoms with van der Waals surface area (Å²) < 4.78 is 31.4. The molecule has 0 bridgehead atoms. The van der Waals surface area contributed by atoms with E-state index in [0.29, 0.717) is 0 Å². The van der Waals surface area contributed by atoms with Crippen LogP contribution in [0.15, 0.2) is 113 Å². The van der Waals surface area contributed by atoms with Crippen molar-refractivity contribution in [2.75, 3.05) is 6.61 Å². The van der Waals surface area contributed by atoms with Crippen LogP contribution in [0.1, 0.15) is 22.9 Å². The number of nitrogens with zero attached hydrogens (tertiary/aromatic N) is 1. The van der Waals surface area contributed by atoms with Gasteiger partial charge in [-0.3, -0.25) is 23.4 Å². The van der Waals surface area contributed by atoms with Gasteiger partial charge in [0.25, 0.3) is 5.56 Å². The molecule has 0 amide bonds. The molecule has 1 aliphatic heterocycles. The van der Waals surface area contributed by atoms with E-state index in [9.17, 15) is 19.3 Å². The van der Waals surface area contributed by atoms with Crippen molar-refractivity contribution in [3.05, 3.63) is 141 Å². The van der Waals surface area contributed by atoms with E-state index >= 15 is 0 Å². The highest BCUT2D eigenvalue weighted by Crippen LogP contribution is 2.60. The molecule has 2 heterocycles. The summed E-state index contributed by atoms with van der Waals surface area (Å²) in [6.07, 6.45) is -8.27. The van der Waals surface area contributed by atoms with Crippen LogP contribution in [-0.2, 0) is 24.2 Å². The van der Waals surface area contributed by atoms with Crippen LogP contribution in [-0.4, -0.2) is 39.6 Å². The number of aliphatic hydroxyl groups is 1. The van der Waals surface area contributed by atoms with E-state index in [0.717, 1.165) is 27.3 Å². The van der Waals surface area contributed by atoms with Crippen LogP contribution >= 0.6 is 28.6 Å². The first-order valence-corrected chi connectivity index (χ1v) is 15.8. The third-order valence-electron chi connectivity index (χ3n) is 6.68. The number of ether oxygens (including phenoxy) is 2. The summed E-state index contributed by atoms with van der Waals surface area (Å²) >= 11 is 11.5. The fourth-order valence-corrected chi connectivity index (χ4v) is 6.05. The van der Waals surface area contributed by atoms with Gasteiger partial charge in [-0.05, 0) is 39.2 Å². The van der Waals surface area contributed by atoms with Crippen LogP contribution < -0.4 is 11.2 Å². The molecule has 9 nitrogen and oxygen atoms in total. The molecule has 12 heteroatoms. The minimum absolute atomic E-state index is 0.206. The molecule has 1 saturated heterocycles. The average Bonchev–Trinajstić information content (AvgIpc) is 3.24. The number of benzene rings is 3. The minimum Gasteiger partial charge on any atom is -0.386 e. The fraction of sp³-hybridized carbons (Fsp3) is 0.214. The maximum absolute atomic E-state index is 12.5. The Morgan fingerprint density at radius 2 is 1.38 bits per heavy atom. The summed E-state index contributed by atoms with van der Waals surface area (Å²) in [6.45, 7) is -0.206. The third kappa shape index (κ3) is 5.87. The Balaban J connectivity index is 1.57. The summed E-state index contributed by atoms with van der Waals surface area (Å²) in [5.74, 6) is 0. The Hall–Kier alpha value is -3.01. The summed E-state index contributed by atoms with van der Waals surface area (Å²) in [5.41, 5.74) is -0.123. The topological polar surface area (TPSA) is 120 Å². The summed E-state index contributed by atoms with van der Waals surface area (Å²) in [5, 5.41) is 11.1. The molecule has 1 aliphatic rings. The molecular weight excluding hydrogens is 578 g/mol. The highest BCUT2D eigenvalue weighted by atomic mass is 35.9. The van der Waals surface area contributed by atoms with Crippen LogP contribution in [0.3, 0.4) is 0 Å². The van der Waals surface area contributed by atoms with Gasteiger partial charge in [0, 0.05) is 12.3 Å². The summed E-state index contributed by atoms with van der Waals surface area (Å²) in [7, 11) is 0. The predicted octanol–water partition coefficient (Wildman–Crippen LogP) is 4.77. The highest BCUT2D eigenvalue weighted by Gasteiger charge is 2.50. The molecule has 0 unspecified atom stereocenters. The van der Waals surface area contributed by atoms with E-state index in [1.807, 2.05) is 91.0 Å². The molecule has 3 aromatic carbocycles. The molecule has 0 saturated carbocycles. The van der Waals surface area contributed by atoms with Gasteiger partial charge in [-0.1, -0.05) is 91.0 Å². The van der Waals surface area contributed by atoms with E-state index in [-0.39, 0.29) is 6.61 Å². The van der Waals surface area contributed by atoms with Crippen molar-refractivity contribution in [2.24, 2.45) is 0 Å². The number of nitrogens with one attached hydrogen (secondary N) is 1. The molecule has 4 aromatic rings. The van der Waals surface area contributed by atoms with Gasteiger partial charge < -0.3 is 14.6 Å². The van der Waals surface area contributed by atoms with Gasteiger partial charge in [0.1, 0.15) is 23.9 Å². The zero-order chi connectivity index (χ0) is 28.3. The normalized spacial score (nSPS) is 21.4. The lowest BCUT2D eigenvalue weighted by molar-refractivity contribution is -0.0936. The Morgan fingerprint density at radius 3 is 1.82 bits per heavy atom. The first-order valence-electron chi connectivity index (χ1n) is 12.3. The molecule has 208 valence electrons. The summed E-state index contributed by atoms with van der Waals surface area (Å²) in [4.78, 5) is 26.2. The van der Waals surface area contributed by atoms with Gasteiger partial charge in [0.2, 0.25) is 0 Å². The van der Waals surface area contributed by atoms with Crippen LogP contribution in [0.25, 0.3) is 0 Å². The van der Waals surface area contributed by atoms with Gasteiger partial charge in [0.05, 0.1) is 6.61 Å². The number of halogens is 2. The number of H-pyrrole nitrogens is 1. The Bertz CT molecular complexity index is 1500. The average molecular weight is 603 g/mol. The molecule has 1 fully saturated rings. The van der Waals surface area contributed by atoms with Gasteiger partial charge in [-0.25, -0.2) is 4.79 Å². The Labute approximate surface area is 238 Å². The lowest BCUT2D eigenvalue weighted by Crippen LogP contribution is -2.40. The number of aromatic amines is 1. The van der Waals surface area contributed by atoms with E-state index in [2.05, 4.69) is 4.98 Å². The lowest BCUT2D eigenvalue weighted by atomic mass is 9.80. The standard InChI is InChI=1S/C28H25Cl2N2O7P/c29-40(30,36)39-25-22(38-26(24(25)34)32-17-16-23(33)31-27(32)35)18-37-28(19-10-4-1-5-11-19,20-12-6-2-7-13-20)21-14-8-3-9-15-21/h1-17,22,24-26,34H,18H2,(H,31,33,35)/t22-,24-,25-,26-/m1/s1. The van der Waals surface area contributed by atoms with E-state index in [4.69, 9.17) is 36.5 Å².